The van der Waals surface area contributed by atoms with Crippen molar-refractivity contribution in [3.8, 4) is 0 Å². The van der Waals surface area contributed by atoms with Gasteiger partial charge in [0.05, 0.1) is 15.7 Å². The molecule has 1 unspecified atom stereocenters. The highest BCUT2D eigenvalue weighted by molar-refractivity contribution is 9.11. The van der Waals surface area contributed by atoms with Crippen LogP contribution >= 0.6 is 27.3 Å². The van der Waals surface area contributed by atoms with E-state index in [1.807, 2.05) is 29.1 Å². The van der Waals surface area contributed by atoms with Gasteiger partial charge >= 0.3 is 0 Å². The molecule has 0 aromatic carbocycles. The van der Waals surface area contributed by atoms with E-state index in [2.05, 4.69) is 26.2 Å². The van der Waals surface area contributed by atoms with Gasteiger partial charge in [0.15, 0.2) is 0 Å². The third kappa shape index (κ3) is 3.41. The summed E-state index contributed by atoms with van der Waals surface area (Å²) in [4.78, 5) is 15.8. The molecule has 0 spiro atoms. The zero-order valence-corrected chi connectivity index (χ0v) is 11.7. The minimum absolute atomic E-state index is 0.0421. The molecule has 1 atom stereocenters. The summed E-state index contributed by atoms with van der Waals surface area (Å²) in [6.45, 7) is 2.69. The largest absolute Gasteiger partial charge is 0.348 e. The minimum Gasteiger partial charge on any atom is -0.348 e. The number of thiophene rings is 1. The summed E-state index contributed by atoms with van der Waals surface area (Å²) >= 11 is 4.85. The lowest BCUT2D eigenvalue weighted by atomic mass is 10.2. The van der Waals surface area contributed by atoms with E-state index < -0.39 is 0 Å². The van der Waals surface area contributed by atoms with Crippen molar-refractivity contribution in [2.75, 3.05) is 0 Å². The molecule has 0 aliphatic carbocycles. The van der Waals surface area contributed by atoms with Gasteiger partial charge in [-0.3, -0.25) is 4.79 Å². The van der Waals surface area contributed by atoms with Crippen molar-refractivity contribution >= 4 is 33.2 Å². The van der Waals surface area contributed by atoms with Gasteiger partial charge in [-0.15, -0.1) is 11.3 Å². The highest BCUT2D eigenvalue weighted by Gasteiger charge is 2.11. The summed E-state index contributed by atoms with van der Waals surface area (Å²) in [5, 5.41) is 4.78. The van der Waals surface area contributed by atoms with Crippen molar-refractivity contribution in [2.45, 2.75) is 19.5 Å². The molecule has 17 heavy (non-hydrogen) atoms. The molecule has 0 saturated carbocycles. The number of carbonyl (C=O) groups excluding carboxylic acids is 1. The molecule has 1 N–H and O–H groups in total. The fraction of sp³-hybridized carbons (Fsp3) is 0.273. The van der Waals surface area contributed by atoms with Gasteiger partial charge in [-0.2, -0.15) is 0 Å². The van der Waals surface area contributed by atoms with Crippen LogP contribution in [0.25, 0.3) is 0 Å². The van der Waals surface area contributed by atoms with E-state index in [4.69, 9.17) is 0 Å². The van der Waals surface area contributed by atoms with E-state index >= 15 is 0 Å². The summed E-state index contributed by atoms with van der Waals surface area (Å²) in [5.74, 6) is -0.0421. The van der Waals surface area contributed by atoms with Gasteiger partial charge in [-0.05, 0) is 28.9 Å². The second kappa shape index (κ2) is 5.46. The van der Waals surface area contributed by atoms with Crippen LogP contribution in [0.2, 0.25) is 0 Å². The van der Waals surface area contributed by atoms with Gasteiger partial charge in [0.1, 0.15) is 0 Å². The van der Waals surface area contributed by atoms with Gasteiger partial charge < -0.3 is 9.88 Å². The number of imidazole rings is 1. The first-order chi connectivity index (χ1) is 8.15. The monoisotopic (exact) mass is 313 g/mol. The first-order valence-electron chi connectivity index (χ1n) is 5.16. The molecule has 0 bridgehead atoms. The molecule has 90 valence electrons. The molecule has 0 saturated heterocycles. The molecule has 0 aliphatic rings. The van der Waals surface area contributed by atoms with E-state index in [0.29, 0.717) is 5.56 Å². The summed E-state index contributed by atoms with van der Waals surface area (Å²) in [6.07, 6.45) is 5.35. The SMILES string of the molecule is CC(Cn1ccnc1)NC(=O)c1csc(Br)c1. The second-order valence-electron chi connectivity index (χ2n) is 3.77. The first-order valence-corrected chi connectivity index (χ1v) is 6.83. The highest BCUT2D eigenvalue weighted by Crippen LogP contribution is 2.20. The lowest BCUT2D eigenvalue weighted by Crippen LogP contribution is -2.35. The van der Waals surface area contributed by atoms with E-state index in [-0.39, 0.29) is 11.9 Å². The smallest absolute Gasteiger partial charge is 0.252 e. The zero-order chi connectivity index (χ0) is 12.3. The van der Waals surface area contributed by atoms with Gasteiger partial charge in [0.2, 0.25) is 0 Å². The lowest BCUT2D eigenvalue weighted by molar-refractivity contribution is 0.0937. The molecular formula is C11H12BrN3OS. The molecule has 2 heterocycles. The molecule has 0 aliphatic heterocycles. The maximum atomic E-state index is 11.8. The number of nitrogens with one attached hydrogen (secondary N) is 1. The van der Waals surface area contributed by atoms with Crippen LogP contribution in [0, 0.1) is 0 Å². The molecular weight excluding hydrogens is 302 g/mol. The maximum Gasteiger partial charge on any atom is 0.252 e. The van der Waals surface area contributed by atoms with Gasteiger partial charge in [0, 0.05) is 30.4 Å². The number of carbonyl (C=O) groups is 1. The Morgan fingerprint density at radius 2 is 2.53 bits per heavy atom. The quantitative estimate of drug-likeness (QED) is 0.943. The number of nitrogens with zero attached hydrogens (tertiary/aromatic N) is 2. The second-order valence-corrected chi connectivity index (χ2v) is 6.06. The average molecular weight is 314 g/mol. The third-order valence-corrected chi connectivity index (χ3v) is 3.76. The van der Waals surface area contributed by atoms with Crippen LogP contribution in [-0.4, -0.2) is 21.5 Å². The molecule has 4 nitrogen and oxygen atoms in total. The fourth-order valence-corrected chi connectivity index (χ4v) is 2.63. The number of halogens is 1. The summed E-state index contributed by atoms with van der Waals surface area (Å²) in [6, 6.07) is 1.89. The predicted molar refractivity (Wildman–Crippen MR) is 71.2 cm³/mol. The van der Waals surface area contributed by atoms with Gasteiger partial charge in [0.25, 0.3) is 5.91 Å². The summed E-state index contributed by atoms with van der Waals surface area (Å²) < 4.78 is 2.90. The molecule has 2 aromatic rings. The molecule has 0 radical (unpaired) electrons. The molecule has 0 fully saturated rings. The van der Waals surface area contributed by atoms with Crippen LogP contribution in [0.5, 0.6) is 0 Å². The van der Waals surface area contributed by atoms with Crippen LogP contribution in [0.4, 0.5) is 0 Å². The highest BCUT2D eigenvalue weighted by atomic mass is 79.9. The Labute approximate surface area is 112 Å². The number of rotatable bonds is 4. The van der Waals surface area contributed by atoms with Gasteiger partial charge in [-0.1, -0.05) is 0 Å². The molecule has 2 aromatic heterocycles. The van der Waals surface area contributed by atoms with E-state index in [1.165, 1.54) is 11.3 Å². The Morgan fingerprint density at radius 1 is 1.71 bits per heavy atom. The van der Waals surface area contributed by atoms with Crippen molar-refractivity contribution in [2.24, 2.45) is 0 Å². The van der Waals surface area contributed by atoms with E-state index in [0.717, 1.165) is 10.3 Å². The topological polar surface area (TPSA) is 46.9 Å². The maximum absolute atomic E-state index is 11.8. The average Bonchev–Trinajstić information content (AvgIpc) is 2.89. The Kier molecular flexibility index (Phi) is 3.96. The number of amides is 1. The molecule has 1 amide bonds. The summed E-state index contributed by atoms with van der Waals surface area (Å²) in [5.41, 5.74) is 0.694. The summed E-state index contributed by atoms with van der Waals surface area (Å²) in [7, 11) is 0. The Morgan fingerprint density at radius 3 is 3.12 bits per heavy atom. The Balaban J connectivity index is 1.90. The van der Waals surface area contributed by atoms with Crippen molar-refractivity contribution < 1.29 is 4.79 Å². The van der Waals surface area contributed by atoms with Crippen molar-refractivity contribution in [3.63, 3.8) is 0 Å². The number of aromatic nitrogens is 2. The van der Waals surface area contributed by atoms with E-state index in [1.54, 1.807) is 12.5 Å². The van der Waals surface area contributed by atoms with Gasteiger partial charge in [-0.25, -0.2) is 4.98 Å². The number of hydrogen-bond acceptors (Lipinski definition) is 3. The minimum atomic E-state index is -0.0421. The van der Waals surface area contributed by atoms with Crippen LogP contribution in [-0.2, 0) is 6.54 Å². The lowest BCUT2D eigenvalue weighted by Gasteiger charge is -2.13. The van der Waals surface area contributed by atoms with Crippen molar-refractivity contribution in [3.05, 3.63) is 39.5 Å². The zero-order valence-electron chi connectivity index (χ0n) is 9.26. The first kappa shape index (κ1) is 12.3. The third-order valence-electron chi connectivity index (χ3n) is 2.25. The van der Waals surface area contributed by atoms with E-state index in [9.17, 15) is 4.79 Å². The Hall–Kier alpha value is -1.14. The number of hydrogen-bond donors (Lipinski definition) is 1. The van der Waals surface area contributed by atoms with Crippen molar-refractivity contribution in [1.82, 2.24) is 14.9 Å². The predicted octanol–water partition coefficient (Wildman–Crippen LogP) is 2.53. The van der Waals surface area contributed by atoms with Crippen LogP contribution in [0.1, 0.15) is 17.3 Å². The van der Waals surface area contributed by atoms with Crippen molar-refractivity contribution in [1.29, 1.82) is 0 Å². The molecule has 2 rings (SSSR count). The standard InChI is InChI=1S/C11H12BrN3OS/c1-8(5-15-3-2-13-7-15)14-11(16)9-4-10(12)17-6-9/h2-4,6-8H,5H2,1H3,(H,14,16). The molecule has 6 heteroatoms. The van der Waals surface area contributed by atoms with Crippen LogP contribution < -0.4 is 5.32 Å². The van der Waals surface area contributed by atoms with Crippen LogP contribution in [0.3, 0.4) is 0 Å². The van der Waals surface area contributed by atoms with Crippen LogP contribution in [0.15, 0.2) is 34.0 Å². The fourth-order valence-electron chi connectivity index (χ4n) is 1.49. The normalized spacial score (nSPS) is 12.4. The Bertz CT molecular complexity index is 495.